The van der Waals surface area contributed by atoms with Crippen LogP contribution in [0.5, 0.6) is 0 Å². The lowest BCUT2D eigenvalue weighted by atomic mass is 10.2. The number of hydrogen-bond donors (Lipinski definition) is 5. The first-order valence-electron chi connectivity index (χ1n) is 19.4. The molecule has 17 heteroatoms. The number of amides is 5. The fourth-order valence-electron chi connectivity index (χ4n) is 6.38. The van der Waals surface area contributed by atoms with Crippen molar-refractivity contribution >= 4 is 41.5 Å². The molecule has 0 aromatic carbocycles. The zero-order valence-corrected chi connectivity index (χ0v) is 33.4. The van der Waals surface area contributed by atoms with Crippen molar-refractivity contribution in [3.63, 3.8) is 0 Å². The fourth-order valence-corrected chi connectivity index (χ4v) is 6.38. The summed E-state index contributed by atoms with van der Waals surface area (Å²) < 4.78 is 4.63. The summed E-state index contributed by atoms with van der Waals surface area (Å²) >= 11 is 0. The molecular formula is C37H68N6O11. The molecule has 4 aliphatic heterocycles. The molecule has 0 spiro atoms. The van der Waals surface area contributed by atoms with Gasteiger partial charge in [-0.2, -0.15) is 0 Å². The fraction of sp³-hybridized carbons (Fsp3) is 0.811. The summed E-state index contributed by atoms with van der Waals surface area (Å²) in [6, 6.07) is -1.32. The first kappa shape index (κ1) is 50.2. The van der Waals surface area contributed by atoms with E-state index in [2.05, 4.69) is 4.74 Å². The van der Waals surface area contributed by atoms with E-state index < -0.39 is 17.9 Å². The molecule has 5 amide bonds. The van der Waals surface area contributed by atoms with Crippen molar-refractivity contribution in [2.75, 3.05) is 46.5 Å². The van der Waals surface area contributed by atoms with Crippen LogP contribution in [0.4, 0.5) is 0 Å². The lowest BCUT2D eigenvalue weighted by Gasteiger charge is -2.24. The van der Waals surface area contributed by atoms with Gasteiger partial charge >= 0.3 is 11.9 Å². The molecule has 0 aliphatic carbocycles. The average Bonchev–Trinajstić information content (AvgIpc) is 3.98. The molecule has 4 heterocycles. The van der Waals surface area contributed by atoms with Crippen molar-refractivity contribution < 1.29 is 53.6 Å². The van der Waals surface area contributed by atoms with Gasteiger partial charge in [-0.25, -0.2) is 9.59 Å². The van der Waals surface area contributed by atoms with E-state index >= 15 is 0 Å². The number of methoxy groups -OCH3 is 1. The number of carbonyl (C=O) groups is 7. The van der Waals surface area contributed by atoms with Crippen LogP contribution in [0.2, 0.25) is 0 Å². The highest BCUT2D eigenvalue weighted by Crippen LogP contribution is 2.18. The molecule has 4 aliphatic rings. The van der Waals surface area contributed by atoms with Crippen LogP contribution >= 0.6 is 0 Å². The van der Waals surface area contributed by atoms with Crippen LogP contribution in [0.3, 0.4) is 0 Å². The summed E-state index contributed by atoms with van der Waals surface area (Å²) in [5, 5.41) is 25.9. The van der Waals surface area contributed by atoms with E-state index in [0.29, 0.717) is 64.6 Å². The number of aliphatic hydroxyl groups excluding tert-OH is 2. The molecule has 4 saturated heterocycles. The zero-order chi connectivity index (χ0) is 41.4. The first-order chi connectivity index (χ1) is 25.6. The Labute approximate surface area is 320 Å². The molecule has 5 atom stereocenters. The maximum absolute atomic E-state index is 11.3. The Hall–Kier alpha value is -3.83. The molecule has 0 aromatic heterocycles. The van der Waals surface area contributed by atoms with E-state index in [-0.39, 0.29) is 67.0 Å². The molecule has 0 saturated carbocycles. The number of ether oxygens (including phenoxy) is 1. The van der Waals surface area contributed by atoms with Crippen LogP contribution in [0, 0.1) is 0 Å². The van der Waals surface area contributed by atoms with Crippen LogP contribution < -0.4 is 11.5 Å². The van der Waals surface area contributed by atoms with Crippen molar-refractivity contribution in [3.8, 4) is 0 Å². The van der Waals surface area contributed by atoms with Crippen molar-refractivity contribution in [1.82, 2.24) is 19.6 Å². The third-order valence-corrected chi connectivity index (χ3v) is 9.70. The number of aliphatic carboxylic acids is 1. The minimum atomic E-state index is -0.896. The second-order valence-corrected chi connectivity index (χ2v) is 13.4. The van der Waals surface area contributed by atoms with Gasteiger partial charge in [0, 0.05) is 57.9 Å². The van der Waals surface area contributed by atoms with Gasteiger partial charge in [0.15, 0.2) is 0 Å². The Kier molecular flexibility index (Phi) is 25.7. The molecular weight excluding hydrogens is 704 g/mol. The highest BCUT2D eigenvalue weighted by Gasteiger charge is 2.33. The van der Waals surface area contributed by atoms with Gasteiger partial charge in [-0.15, -0.1) is 0 Å². The summed E-state index contributed by atoms with van der Waals surface area (Å²) in [6.07, 6.45) is 9.17. The lowest BCUT2D eigenvalue weighted by Crippen LogP contribution is -2.44. The van der Waals surface area contributed by atoms with E-state index in [1.807, 2.05) is 27.7 Å². The van der Waals surface area contributed by atoms with E-state index in [9.17, 15) is 33.6 Å². The molecule has 17 nitrogen and oxygen atoms in total. The number of hydrogen-bond acceptors (Lipinski definition) is 11. The SMILES string of the molecule is CC[C@@H](C(=O)O)N1CCCC1=O.CC[C@@H](C(=O)OC)N1CCCC1=O.CC[C@@H](C(N)=O)N1CCCC1=O.CC[C@@H](CO)N1CCCC1=O.CC[C@H](N)CO. The number of carbonyl (C=O) groups excluding carboxylic acids is 6. The molecule has 7 N–H and O–H groups in total. The lowest BCUT2D eigenvalue weighted by molar-refractivity contribution is -0.151. The smallest absolute Gasteiger partial charge is 0.328 e. The summed E-state index contributed by atoms with van der Waals surface area (Å²) in [5.41, 5.74) is 10.4. The van der Waals surface area contributed by atoms with Gasteiger partial charge in [-0.05, 0) is 57.8 Å². The van der Waals surface area contributed by atoms with E-state index in [4.69, 9.17) is 26.8 Å². The second-order valence-electron chi connectivity index (χ2n) is 13.4. The van der Waals surface area contributed by atoms with Gasteiger partial charge in [0.1, 0.15) is 18.1 Å². The Balaban J connectivity index is 0.000000662. The Morgan fingerprint density at radius 2 is 0.981 bits per heavy atom. The van der Waals surface area contributed by atoms with Gasteiger partial charge < -0.3 is 51.1 Å². The number of likely N-dealkylation sites (tertiary alicyclic amines) is 4. The zero-order valence-electron chi connectivity index (χ0n) is 33.4. The van der Waals surface area contributed by atoms with Crippen molar-refractivity contribution in [2.45, 2.75) is 148 Å². The quantitative estimate of drug-likeness (QED) is 0.155. The number of carboxylic acids is 1. The van der Waals surface area contributed by atoms with E-state index in [0.717, 1.165) is 45.1 Å². The minimum absolute atomic E-state index is 0.00926. The number of carboxylic acid groups (broad SMARTS) is 1. The number of nitrogens with zero attached hydrogens (tertiary/aromatic N) is 4. The van der Waals surface area contributed by atoms with Gasteiger partial charge in [0.05, 0.1) is 26.4 Å². The van der Waals surface area contributed by atoms with Crippen molar-refractivity contribution in [1.29, 1.82) is 0 Å². The van der Waals surface area contributed by atoms with Gasteiger partial charge in [-0.3, -0.25) is 24.0 Å². The van der Waals surface area contributed by atoms with Crippen molar-refractivity contribution in [3.05, 3.63) is 0 Å². The van der Waals surface area contributed by atoms with Gasteiger partial charge in [0.25, 0.3) is 0 Å². The van der Waals surface area contributed by atoms with Gasteiger partial charge in [-0.1, -0.05) is 34.6 Å². The van der Waals surface area contributed by atoms with Gasteiger partial charge in [0.2, 0.25) is 29.5 Å². The molecule has 54 heavy (non-hydrogen) atoms. The molecule has 0 unspecified atom stereocenters. The minimum Gasteiger partial charge on any atom is -0.480 e. The van der Waals surface area contributed by atoms with Crippen LogP contribution in [0.15, 0.2) is 0 Å². The third kappa shape index (κ3) is 16.7. The predicted octanol–water partition coefficient (Wildman–Crippen LogP) is 1.00. The predicted molar refractivity (Wildman–Crippen MR) is 201 cm³/mol. The molecule has 312 valence electrons. The van der Waals surface area contributed by atoms with Crippen LogP contribution in [-0.4, -0.2) is 153 Å². The molecule has 0 aromatic rings. The number of esters is 1. The highest BCUT2D eigenvalue weighted by molar-refractivity contribution is 5.88. The molecule has 0 radical (unpaired) electrons. The summed E-state index contributed by atoms with van der Waals surface area (Å²) in [4.78, 5) is 84.1. The summed E-state index contributed by atoms with van der Waals surface area (Å²) in [5.74, 6) is -1.30. The normalized spacial score (nSPS) is 19.2. The van der Waals surface area contributed by atoms with Crippen molar-refractivity contribution in [2.24, 2.45) is 11.5 Å². The largest absolute Gasteiger partial charge is 0.480 e. The third-order valence-electron chi connectivity index (χ3n) is 9.70. The first-order valence-corrected chi connectivity index (χ1v) is 19.4. The number of nitrogens with two attached hydrogens (primary N) is 2. The number of rotatable bonds is 14. The second kappa shape index (κ2) is 27.7. The van der Waals surface area contributed by atoms with E-state index in [1.54, 1.807) is 21.6 Å². The topological polar surface area (TPSA) is 254 Å². The average molecular weight is 773 g/mol. The molecule has 4 rings (SSSR count). The Morgan fingerprint density at radius 1 is 0.611 bits per heavy atom. The van der Waals surface area contributed by atoms with Crippen LogP contribution in [0.25, 0.3) is 0 Å². The van der Waals surface area contributed by atoms with E-state index in [1.165, 1.54) is 12.0 Å². The maximum Gasteiger partial charge on any atom is 0.328 e. The number of aliphatic hydroxyl groups is 2. The molecule has 4 fully saturated rings. The monoisotopic (exact) mass is 772 g/mol. The standard InChI is InChI=1S/C9H15NO3.C8H14N2O2.C8H13NO3.C8H15NO2.C4H11NO/c1-3-7(9(12)13-2)10-6-4-5-8(10)11;1-2-6(8(9)12)10-5-3-4-7(10)11;1-2-6(8(11)12)9-5-3-4-7(9)10;1-2-7(6-10)9-5-3-4-8(9)11;1-2-4(5)3-6/h7H,3-6H2,1-2H3;6H,2-5H2,1H3,(H2,9,12);6H,2-5H2,1H3,(H,11,12);7,10H,2-6H2,1H3;4,6H,2-3,5H2,1H3/t7-;2*6-;7-;4-/m00000/s1. The maximum atomic E-state index is 11.3. The Morgan fingerprint density at radius 3 is 1.20 bits per heavy atom. The summed E-state index contributed by atoms with van der Waals surface area (Å²) in [7, 11) is 1.35. The Bertz CT molecular complexity index is 1140. The molecule has 0 bridgehead atoms. The van der Waals surface area contributed by atoms with Crippen LogP contribution in [-0.2, 0) is 38.3 Å². The van der Waals surface area contributed by atoms with Crippen LogP contribution in [0.1, 0.15) is 118 Å². The highest BCUT2D eigenvalue weighted by atomic mass is 16.5. The summed E-state index contributed by atoms with van der Waals surface area (Å²) in [6.45, 7) is 12.5. The number of primary amides is 1.